The van der Waals surface area contributed by atoms with Crippen molar-refractivity contribution in [1.82, 2.24) is 14.5 Å². The van der Waals surface area contributed by atoms with Crippen molar-refractivity contribution in [3.63, 3.8) is 0 Å². The minimum atomic E-state index is -0.0704. The number of aryl methyl sites for hydroxylation is 2. The van der Waals surface area contributed by atoms with Gasteiger partial charge in [-0.2, -0.15) is 0 Å². The van der Waals surface area contributed by atoms with E-state index in [1.54, 1.807) is 53.0 Å². The van der Waals surface area contributed by atoms with Crippen LogP contribution in [-0.4, -0.2) is 27.0 Å². The van der Waals surface area contributed by atoms with Crippen molar-refractivity contribution in [2.24, 2.45) is 0 Å². The van der Waals surface area contributed by atoms with Gasteiger partial charge in [-0.3, -0.25) is 9.69 Å². The average molecular weight is 411 g/mol. The summed E-state index contributed by atoms with van der Waals surface area (Å²) in [6, 6.07) is 13.1. The molecular formula is C21H19ClN4OS. The zero-order valence-electron chi connectivity index (χ0n) is 15.4. The number of halogens is 1. The maximum Gasteiger partial charge on any atom is 0.260 e. The molecule has 0 fully saturated rings. The molecule has 0 spiro atoms. The Hall–Kier alpha value is -2.70. The molecule has 142 valence electrons. The van der Waals surface area contributed by atoms with Crippen LogP contribution in [0.25, 0.3) is 10.2 Å². The second-order valence-electron chi connectivity index (χ2n) is 6.54. The van der Waals surface area contributed by atoms with Gasteiger partial charge in [-0.15, -0.1) is 0 Å². The zero-order chi connectivity index (χ0) is 19.5. The number of rotatable bonds is 6. The minimum Gasteiger partial charge on any atom is -0.337 e. The Morgan fingerprint density at radius 3 is 2.75 bits per heavy atom. The van der Waals surface area contributed by atoms with Gasteiger partial charge in [0.2, 0.25) is 0 Å². The summed E-state index contributed by atoms with van der Waals surface area (Å²) in [5.74, 6) is -0.0704. The second kappa shape index (κ2) is 8.12. The van der Waals surface area contributed by atoms with E-state index >= 15 is 0 Å². The number of thiazole rings is 1. The fraction of sp³-hybridized carbons (Fsp3) is 0.190. The SMILES string of the molecule is Cc1cccc2sc(N(CCCn3ccnc3)C(=O)c3ccc(Cl)cc3)nc12. The van der Waals surface area contributed by atoms with E-state index < -0.39 is 0 Å². The van der Waals surface area contributed by atoms with Crippen LogP contribution in [-0.2, 0) is 6.54 Å². The van der Waals surface area contributed by atoms with Crippen LogP contribution in [0.5, 0.6) is 0 Å². The predicted octanol–water partition coefficient (Wildman–Crippen LogP) is 5.19. The van der Waals surface area contributed by atoms with Crippen molar-refractivity contribution in [2.75, 3.05) is 11.4 Å². The van der Waals surface area contributed by atoms with Gasteiger partial charge in [0.05, 0.1) is 16.5 Å². The van der Waals surface area contributed by atoms with Gasteiger partial charge in [-0.25, -0.2) is 9.97 Å². The van der Waals surface area contributed by atoms with Crippen LogP contribution in [0.15, 0.2) is 61.2 Å². The summed E-state index contributed by atoms with van der Waals surface area (Å²) < 4.78 is 3.09. The van der Waals surface area contributed by atoms with Gasteiger partial charge in [0.1, 0.15) is 0 Å². The van der Waals surface area contributed by atoms with Crippen LogP contribution in [0, 0.1) is 6.92 Å². The van der Waals surface area contributed by atoms with Crippen LogP contribution >= 0.6 is 22.9 Å². The second-order valence-corrected chi connectivity index (χ2v) is 7.98. The molecular weight excluding hydrogens is 392 g/mol. The third-order valence-electron chi connectivity index (χ3n) is 4.53. The highest BCUT2D eigenvalue weighted by atomic mass is 35.5. The maximum atomic E-state index is 13.2. The van der Waals surface area contributed by atoms with E-state index in [4.69, 9.17) is 16.6 Å². The fourth-order valence-electron chi connectivity index (χ4n) is 3.05. The van der Waals surface area contributed by atoms with Gasteiger partial charge in [0, 0.05) is 36.1 Å². The number of imidazole rings is 1. The topological polar surface area (TPSA) is 51.0 Å². The molecule has 0 aliphatic heterocycles. The third-order valence-corrected chi connectivity index (χ3v) is 5.83. The molecule has 0 aliphatic carbocycles. The fourth-order valence-corrected chi connectivity index (χ4v) is 4.25. The lowest BCUT2D eigenvalue weighted by atomic mass is 10.2. The molecule has 0 unspecified atom stereocenters. The van der Waals surface area contributed by atoms with Crippen molar-refractivity contribution in [3.8, 4) is 0 Å². The summed E-state index contributed by atoms with van der Waals surface area (Å²) in [5, 5.41) is 1.33. The Morgan fingerprint density at radius 2 is 2.04 bits per heavy atom. The molecule has 0 atom stereocenters. The number of carbonyl (C=O) groups excluding carboxylic acids is 1. The molecule has 0 saturated carbocycles. The lowest BCUT2D eigenvalue weighted by molar-refractivity contribution is 0.0986. The van der Waals surface area contributed by atoms with E-state index in [0.717, 1.165) is 33.9 Å². The smallest absolute Gasteiger partial charge is 0.260 e. The van der Waals surface area contributed by atoms with Crippen LogP contribution in [0.3, 0.4) is 0 Å². The van der Waals surface area contributed by atoms with E-state index in [1.807, 2.05) is 35.9 Å². The van der Waals surface area contributed by atoms with E-state index in [2.05, 4.69) is 4.98 Å². The van der Waals surface area contributed by atoms with Crippen molar-refractivity contribution < 1.29 is 4.79 Å². The van der Waals surface area contributed by atoms with Crippen molar-refractivity contribution in [1.29, 1.82) is 0 Å². The average Bonchev–Trinajstić information content (AvgIpc) is 3.36. The quantitative estimate of drug-likeness (QED) is 0.439. The highest BCUT2D eigenvalue weighted by molar-refractivity contribution is 7.22. The Balaban J connectivity index is 1.64. The lowest BCUT2D eigenvalue weighted by Crippen LogP contribution is -2.32. The minimum absolute atomic E-state index is 0.0704. The number of para-hydroxylation sites is 1. The van der Waals surface area contributed by atoms with Crippen molar-refractivity contribution in [2.45, 2.75) is 19.9 Å². The van der Waals surface area contributed by atoms with Gasteiger partial charge in [0.25, 0.3) is 5.91 Å². The number of hydrogen-bond acceptors (Lipinski definition) is 4. The molecule has 0 N–H and O–H groups in total. The molecule has 0 aliphatic rings. The van der Waals surface area contributed by atoms with Crippen LogP contribution in [0.2, 0.25) is 5.02 Å². The van der Waals surface area contributed by atoms with Gasteiger partial charge >= 0.3 is 0 Å². The summed E-state index contributed by atoms with van der Waals surface area (Å²) in [6.07, 6.45) is 6.26. The maximum absolute atomic E-state index is 13.2. The number of anilines is 1. The van der Waals surface area contributed by atoms with E-state index in [1.165, 1.54) is 0 Å². The molecule has 0 saturated heterocycles. The summed E-state index contributed by atoms with van der Waals surface area (Å²) >= 11 is 7.52. The molecule has 0 bridgehead atoms. The Labute approximate surface area is 172 Å². The van der Waals surface area contributed by atoms with Crippen LogP contribution < -0.4 is 4.90 Å². The predicted molar refractivity (Wildman–Crippen MR) is 114 cm³/mol. The Morgan fingerprint density at radius 1 is 1.21 bits per heavy atom. The first-order chi connectivity index (χ1) is 13.6. The molecule has 1 amide bonds. The largest absolute Gasteiger partial charge is 0.337 e. The summed E-state index contributed by atoms with van der Waals surface area (Å²) in [6.45, 7) is 3.39. The molecule has 2 heterocycles. The summed E-state index contributed by atoms with van der Waals surface area (Å²) in [7, 11) is 0. The van der Waals surface area contributed by atoms with Gasteiger partial charge in [-0.1, -0.05) is 35.1 Å². The number of benzene rings is 2. The number of nitrogens with zero attached hydrogens (tertiary/aromatic N) is 4. The lowest BCUT2D eigenvalue weighted by Gasteiger charge is -2.20. The van der Waals surface area contributed by atoms with E-state index in [9.17, 15) is 4.79 Å². The third kappa shape index (κ3) is 3.93. The highest BCUT2D eigenvalue weighted by Crippen LogP contribution is 2.31. The monoisotopic (exact) mass is 410 g/mol. The molecule has 4 aromatic rings. The van der Waals surface area contributed by atoms with Gasteiger partial charge in [-0.05, 0) is 49.2 Å². The highest BCUT2D eigenvalue weighted by Gasteiger charge is 2.21. The number of hydrogen-bond donors (Lipinski definition) is 0. The molecule has 2 aromatic heterocycles. The number of carbonyl (C=O) groups is 1. The normalized spacial score (nSPS) is 11.1. The Kier molecular flexibility index (Phi) is 5.41. The first-order valence-electron chi connectivity index (χ1n) is 9.01. The van der Waals surface area contributed by atoms with Crippen LogP contribution in [0.1, 0.15) is 22.3 Å². The summed E-state index contributed by atoms with van der Waals surface area (Å²) in [5.41, 5.74) is 2.66. The van der Waals surface area contributed by atoms with E-state index in [-0.39, 0.29) is 5.91 Å². The molecule has 28 heavy (non-hydrogen) atoms. The van der Waals surface area contributed by atoms with E-state index in [0.29, 0.717) is 17.1 Å². The van der Waals surface area contributed by atoms with Gasteiger partial charge < -0.3 is 4.57 Å². The summed E-state index contributed by atoms with van der Waals surface area (Å²) in [4.78, 5) is 23.8. The molecule has 0 radical (unpaired) electrons. The van der Waals surface area contributed by atoms with Crippen LogP contribution in [0.4, 0.5) is 5.13 Å². The first-order valence-corrected chi connectivity index (χ1v) is 10.2. The van der Waals surface area contributed by atoms with Gasteiger partial charge in [0.15, 0.2) is 5.13 Å². The first kappa shape index (κ1) is 18.7. The standard InChI is InChI=1S/C21H19ClN4OS/c1-15-4-2-5-18-19(15)24-21(28-18)26(12-3-11-25-13-10-23-14-25)20(27)16-6-8-17(22)9-7-16/h2,4-10,13-14H,3,11-12H2,1H3. The van der Waals surface area contributed by atoms with Crippen molar-refractivity contribution in [3.05, 3.63) is 77.3 Å². The zero-order valence-corrected chi connectivity index (χ0v) is 17.0. The number of fused-ring (bicyclic) bond motifs is 1. The molecule has 4 rings (SSSR count). The molecule has 2 aromatic carbocycles. The molecule has 7 heteroatoms. The number of amides is 1. The molecule has 5 nitrogen and oxygen atoms in total. The number of aromatic nitrogens is 3. The Bertz CT molecular complexity index is 1090. The van der Waals surface area contributed by atoms with Crippen molar-refractivity contribution >= 4 is 44.2 Å².